The normalized spacial score (nSPS) is 15.8. The first-order valence-electron chi connectivity index (χ1n) is 18.5. The lowest BCUT2D eigenvalue weighted by Crippen LogP contribution is -2.36. The lowest BCUT2D eigenvalue weighted by molar-refractivity contribution is -0.385. The molecule has 3 aliphatic rings. The van der Waals surface area contributed by atoms with E-state index in [1.54, 1.807) is 13.3 Å². The van der Waals surface area contributed by atoms with Crippen molar-refractivity contribution in [2.75, 3.05) is 78.8 Å². The number of halogens is 1. The maximum absolute atomic E-state index is 10.3. The van der Waals surface area contributed by atoms with Crippen molar-refractivity contribution in [3.8, 4) is 0 Å². The summed E-state index contributed by atoms with van der Waals surface area (Å²) in [4.78, 5) is 44.0. The van der Waals surface area contributed by atoms with Gasteiger partial charge in [-0.05, 0) is 63.9 Å². The molecule has 0 atom stereocenters. The maximum Gasteiger partial charge on any atom is 0.290 e. The number of fused-ring (bicyclic) bond motifs is 1. The summed E-state index contributed by atoms with van der Waals surface area (Å²) in [5, 5.41) is 17.5. The second kappa shape index (κ2) is 20.0. The van der Waals surface area contributed by atoms with Gasteiger partial charge in [0.2, 0.25) is 5.95 Å². The highest BCUT2D eigenvalue weighted by Gasteiger charge is 2.19. The maximum atomic E-state index is 10.3. The van der Waals surface area contributed by atoms with Crippen LogP contribution in [0.4, 0.5) is 40.5 Å². The van der Waals surface area contributed by atoms with Gasteiger partial charge in [-0.25, -0.2) is 19.9 Å². The Morgan fingerprint density at radius 1 is 0.821 bits per heavy atom. The van der Waals surface area contributed by atoms with E-state index in [1.165, 1.54) is 44.2 Å². The predicted octanol–water partition coefficient (Wildman–Crippen LogP) is 6.78. The third-order valence-electron chi connectivity index (χ3n) is 9.55. The van der Waals surface area contributed by atoms with Crippen molar-refractivity contribution in [3.63, 3.8) is 0 Å². The van der Waals surface area contributed by atoms with Gasteiger partial charge in [0.15, 0.2) is 11.5 Å². The first-order chi connectivity index (χ1) is 26.6. The van der Waals surface area contributed by atoms with Crippen molar-refractivity contribution < 1.29 is 14.4 Å². The van der Waals surface area contributed by atoms with E-state index in [4.69, 9.17) is 36.8 Å². The Labute approximate surface area is 332 Å². The van der Waals surface area contributed by atoms with E-state index < -0.39 is 4.92 Å². The summed E-state index contributed by atoms with van der Waals surface area (Å²) in [5.41, 5.74) is 11.0. The third-order valence-corrected chi connectivity index (χ3v) is 9.76. The second-order valence-electron chi connectivity index (χ2n) is 13.4. The van der Waals surface area contributed by atoms with Gasteiger partial charge in [-0.1, -0.05) is 38.3 Å². The number of pyridine rings is 3. The van der Waals surface area contributed by atoms with Crippen LogP contribution in [0.15, 0.2) is 42.7 Å². The monoisotopic (exact) mass is 789 g/mol. The smallest absolute Gasteiger partial charge is 0.290 e. The van der Waals surface area contributed by atoms with E-state index >= 15 is 0 Å². The molecule has 1 saturated carbocycles. The molecule has 5 aromatic rings. The van der Waals surface area contributed by atoms with Crippen LogP contribution in [0, 0.1) is 30.9 Å². The topological polar surface area (TPSA) is 211 Å². The summed E-state index contributed by atoms with van der Waals surface area (Å²) in [6.45, 7) is 12.1. The van der Waals surface area contributed by atoms with Gasteiger partial charge in [0, 0.05) is 38.3 Å². The predicted molar refractivity (Wildman–Crippen MR) is 221 cm³/mol. The summed E-state index contributed by atoms with van der Waals surface area (Å²) < 4.78 is 10.7. The molecule has 17 nitrogen and oxygen atoms in total. The molecular formula is C38H52ClN13O4. The van der Waals surface area contributed by atoms with Gasteiger partial charge >= 0.3 is 0 Å². The number of nitrogens with one attached hydrogen (secondary N) is 3. The number of nitrogens with two attached hydrogens (primary N) is 1. The number of nitrogen functional groups attached to an aromatic ring is 1. The molecule has 0 amide bonds. The summed E-state index contributed by atoms with van der Waals surface area (Å²) in [7, 11) is 0. The Kier molecular flexibility index (Phi) is 14.9. The molecule has 56 heavy (non-hydrogen) atoms. The molecule has 5 N–H and O–H groups in total. The quantitative estimate of drug-likeness (QED) is 0.0761. The van der Waals surface area contributed by atoms with Gasteiger partial charge < -0.3 is 40.6 Å². The molecule has 2 saturated heterocycles. The third kappa shape index (κ3) is 11.1. The molecule has 18 heteroatoms. The Morgan fingerprint density at radius 2 is 1.45 bits per heavy atom. The number of rotatable bonds is 7. The summed E-state index contributed by atoms with van der Waals surface area (Å²) in [6, 6.07) is 11.1. The Bertz CT molecular complexity index is 2050. The number of H-pyrrole nitrogens is 1. The zero-order valence-corrected chi connectivity index (χ0v) is 32.2. The van der Waals surface area contributed by atoms with E-state index in [2.05, 4.69) is 45.4 Å². The van der Waals surface area contributed by atoms with Crippen molar-refractivity contribution in [2.24, 2.45) is 0 Å². The Hall–Kier alpha value is -5.39. The summed E-state index contributed by atoms with van der Waals surface area (Å²) in [6.07, 6.45) is 7.86. The number of nitro groups is 1. The van der Waals surface area contributed by atoms with Gasteiger partial charge in [-0.2, -0.15) is 9.97 Å². The highest BCUT2D eigenvalue weighted by molar-refractivity contribution is 6.29. The van der Waals surface area contributed by atoms with E-state index in [0.29, 0.717) is 23.3 Å². The lowest BCUT2D eigenvalue weighted by atomic mass is 9.95. The van der Waals surface area contributed by atoms with Crippen LogP contribution in [0.25, 0.3) is 11.2 Å². The minimum Gasteiger partial charge on any atom is -0.397 e. The fraction of sp³-hybridized carbons (Fsp3) is 0.474. The van der Waals surface area contributed by atoms with Crippen LogP contribution in [-0.4, -0.2) is 98.5 Å². The number of hydrogen-bond donors (Lipinski definition) is 4. The fourth-order valence-electron chi connectivity index (χ4n) is 6.45. The Morgan fingerprint density at radius 3 is 2.04 bits per heavy atom. The fourth-order valence-corrected chi connectivity index (χ4v) is 6.64. The number of nitrogens with zero attached hydrogens (tertiary/aromatic N) is 9. The number of aromatic nitrogens is 7. The zero-order chi connectivity index (χ0) is 38.7. The highest BCUT2D eigenvalue weighted by atomic mass is 35.5. The van der Waals surface area contributed by atoms with Gasteiger partial charge in [-0.15, -0.1) is 0 Å². The van der Waals surface area contributed by atoms with Crippen LogP contribution in [0.5, 0.6) is 0 Å². The van der Waals surface area contributed by atoms with E-state index in [0.717, 1.165) is 98.3 Å². The van der Waals surface area contributed by atoms with Crippen LogP contribution >= 0.6 is 11.6 Å². The van der Waals surface area contributed by atoms with Gasteiger partial charge in [-0.3, -0.25) is 10.1 Å². The lowest BCUT2D eigenvalue weighted by Gasteiger charge is -2.28. The zero-order valence-electron chi connectivity index (χ0n) is 31.4. The molecule has 3 fully saturated rings. The molecule has 2 aliphatic heterocycles. The number of morpholine rings is 2. The standard InChI is InChI=1S/C21H28N8O.C10H15N3O.C6H5ClN2O2.CH4/c1-14-16(7-8-17(24-14)29-9-11-30-12-10-29)26-21-27-19-18(22-13-23-19)20(28-21)25-15-5-3-2-4-6-15;1-8-9(11)2-3-10(12-8)13-4-6-14-7-5-13;1-4-5(9(10)11)2-3-6(7)8-4;/h7-8,13,15H,2-6,9-12H2,1H3,(H3,22,23,25,26,27,28);2-3H,4-7,11H2,1H3;2-3H,1H3;1H4. The number of hydrogen-bond acceptors (Lipinski definition) is 15. The SMILES string of the molecule is C.Cc1nc(Cl)ccc1[N+](=O)[O-].Cc1nc(N2CCOCC2)ccc1N.Cc1nc(N2CCOCC2)ccc1Nc1nc(NC2CCCCC2)c2[nH]cnc2n1. The Balaban J connectivity index is 0.000000191. The molecule has 7 heterocycles. The molecule has 0 unspecified atom stereocenters. The minimum atomic E-state index is -0.487. The van der Waals surface area contributed by atoms with Crippen molar-refractivity contribution >= 4 is 63.2 Å². The second-order valence-corrected chi connectivity index (χ2v) is 13.8. The molecule has 0 radical (unpaired) electrons. The van der Waals surface area contributed by atoms with Crippen molar-refractivity contribution in [1.82, 2.24) is 34.9 Å². The average Bonchev–Trinajstić information content (AvgIpc) is 3.67. The summed E-state index contributed by atoms with van der Waals surface area (Å²) >= 11 is 5.49. The summed E-state index contributed by atoms with van der Waals surface area (Å²) in [5.74, 6) is 3.31. The molecule has 0 spiro atoms. The molecule has 5 aromatic heterocycles. The minimum absolute atomic E-state index is 0. The van der Waals surface area contributed by atoms with Crippen LogP contribution in [0.1, 0.15) is 56.6 Å². The molecule has 300 valence electrons. The first kappa shape index (κ1) is 41.8. The molecule has 1 aliphatic carbocycles. The van der Waals surface area contributed by atoms with Gasteiger partial charge in [0.1, 0.15) is 28.0 Å². The number of ether oxygens (including phenoxy) is 2. The van der Waals surface area contributed by atoms with Crippen LogP contribution in [0.3, 0.4) is 0 Å². The van der Waals surface area contributed by atoms with E-state index in [9.17, 15) is 10.1 Å². The van der Waals surface area contributed by atoms with Gasteiger partial charge in [0.05, 0.1) is 60.4 Å². The number of imidazole rings is 1. The van der Waals surface area contributed by atoms with Crippen molar-refractivity contribution in [3.05, 3.63) is 75.1 Å². The number of aromatic amines is 1. The number of anilines is 6. The van der Waals surface area contributed by atoms with E-state index in [-0.39, 0.29) is 18.3 Å². The van der Waals surface area contributed by atoms with Crippen LogP contribution in [0.2, 0.25) is 5.15 Å². The highest BCUT2D eigenvalue weighted by Crippen LogP contribution is 2.27. The van der Waals surface area contributed by atoms with Crippen LogP contribution in [-0.2, 0) is 9.47 Å². The molecule has 8 rings (SSSR count). The molecule has 0 aromatic carbocycles. The molecule has 0 bridgehead atoms. The van der Waals surface area contributed by atoms with Gasteiger partial charge in [0.25, 0.3) is 5.69 Å². The van der Waals surface area contributed by atoms with Crippen LogP contribution < -0.4 is 26.2 Å². The van der Waals surface area contributed by atoms with Crippen molar-refractivity contribution in [1.29, 1.82) is 0 Å². The van der Waals surface area contributed by atoms with Crippen molar-refractivity contribution in [2.45, 2.75) is 66.3 Å². The first-order valence-corrected chi connectivity index (χ1v) is 18.9. The number of aryl methyl sites for hydroxylation is 3. The van der Waals surface area contributed by atoms with E-state index in [1.807, 2.05) is 38.1 Å². The largest absolute Gasteiger partial charge is 0.397 e. The molecular weight excluding hydrogens is 738 g/mol. The average molecular weight is 790 g/mol.